The third kappa shape index (κ3) is 6.12. The maximum Gasteiger partial charge on any atom is 0.413 e. The minimum absolute atomic E-state index is 0.328. The molecule has 0 unspecified atom stereocenters. The number of ether oxygens (including phenoxy) is 2. The van der Waals surface area contributed by atoms with Gasteiger partial charge in [0.25, 0.3) is 0 Å². The quantitative estimate of drug-likeness (QED) is 0.476. The van der Waals surface area contributed by atoms with Crippen molar-refractivity contribution in [3.05, 3.63) is 42.5 Å². The van der Waals surface area contributed by atoms with Crippen molar-refractivity contribution in [1.82, 2.24) is 5.32 Å². The molecule has 1 aromatic carbocycles. The number of esters is 1. The lowest BCUT2D eigenvalue weighted by Gasteiger charge is -2.17. The molecule has 0 aromatic heterocycles. The maximum atomic E-state index is 11.9. The lowest BCUT2D eigenvalue weighted by atomic mass is 10.1. The number of carbonyl (C=O) groups excluding carboxylic acids is 2. The second-order valence-corrected chi connectivity index (χ2v) is 4.65. The first-order chi connectivity index (χ1) is 10.0. The van der Waals surface area contributed by atoms with Crippen LogP contribution < -0.4 is 10.1 Å². The summed E-state index contributed by atoms with van der Waals surface area (Å²) < 4.78 is 10.2. The van der Waals surface area contributed by atoms with Gasteiger partial charge in [-0.1, -0.05) is 38.1 Å². The Morgan fingerprint density at radius 3 is 2.52 bits per heavy atom. The number of nitrogens with one attached hydrogen (secondary N) is 1. The van der Waals surface area contributed by atoms with Crippen LogP contribution in [0.2, 0.25) is 0 Å². The monoisotopic (exact) mass is 291 g/mol. The summed E-state index contributed by atoms with van der Waals surface area (Å²) in [7, 11) is 0. The third-order valence-electron chi connectivity index (χ3n) is 2.69. The van der Waals surface area contributed by atoms with Crippen LogP contribution in [0.5, 0.6) is 5.75 Å². The summed E-state index contributed by atoms with van der Waals surface area (Å²) in [5.74, 6) is -0.129. The van der Waals surface area contributed by atoms with Gasteiger partial charge in [0.1, 0.15) is 5.75 Å². The lowest BCUT2D eigenvalue weighted by Crippen LogP contribution is -2.43. The fourth-order valence-electron chi connectivity index (χ4n) is 1.53. The molecule has 0 bridgehead atoms. The molecule has 1 amide bonds. The van der Waals surface area contributed by atoms with Crippen molar-refractivity contribution >= 4 is 12.1 Å². The molecule has 1 rings (SSSR count). The SMILES string of the molecule is C=C(C)[C@H](NC(=O)Oc1ccccc1)C(=O)OCCCC. The van der Waals surface area contributed by atoms with Crippen molar-refractivity contribution < 1.29 is 19.1 Å². The fraction of sp³-hybridized carbons (Fsp3) is 0.375. The van der Waals surface area contributed by atoms with E-state index in [1.54, 1.807) is 31.2 Å². The topological polar surface area (TPSA) is 64.6 Å². The van der Waals surface area contributed by atoms with Crippen molar-refractivity contribution in [3.63, 3.8) is 0 Å². The third-order valence-corrected chi connectivity index (χ3v) is 2.69. The smallest absolute Gasteiger partial charge is 0.413 e. The average Bonchev–Trinajstić information content (AvgIpc) is 2.45. The lowest BCUT2D eigenvalue weighted by molar-refractivity contribution is -0.145. The number of hydrogen-bond acceptors (Lipinski definition) is 4. The summed E-state index contributed by atoms with van der Waals surface area (Å²) in [4.78, 5) is 23.7. The molecule has 21 heavy (non-hydrogen) atoms. The second-order valence-electron chi connectivity index (χ2n) is 4.65. The Labute approximate surface area is 124 Å². The van der Waals surface area contributed by atoms with Crippen LogP contribution in [0.25, 0.3) is 0 Å². The van der Waals surface area contributed by atoms with E-state index in [2.05, 4.69) is 11.9 Å². The zero-order valence-corrected chi connectivity index (χ0v) is 12.4. The highest BCUT2D eigenvalue weighted by molar-refractivity contribution is 5.84. The van der Waals surface area contributed by atoms with Crippen LogP contribution >= 0.6 is 0 Å². The van der Waals surface area contributed by atoms with E-state index in [0.717, 1.165) is 12.8 Å². The molecule has 0 aliphatic carbocycles. The maximum absolute atomic E-state index is 11.9. The molecule has 0 heterocycles. The van der Waals surface area contributed by atoms with Crippen molar-refractivity contribution in [2.24, 2.45) is 0 Å². The standard InChI is InChI=1S/C16H21NO4/c1-4-5-11-20-15(18)14(12(2)3)17-16(19)21-13-9-7-6-8-10-13/h6-10,14H,2,4-5,11H2,1,3H3,(H,17,19)/t14-/m0/s1. The van der Waals surface area contributed by atoms with Crippen molar-refractivity contribution in [1.29, 1.82) is 0 Å². The van der Waals surface area contributed by atoms with E-state index in [4.69, 9.17) is 9.47 Å². The van der Waals surface area contributed by atoms with Crippen LogP contribution in [-0.4, -0.2) is 24.7 Å². The number of hydrogen-bond donors (Lipinski definition) is 1. The molecule has 5 nitrogen and oxygen atoms in total. The van der Waals surface area contributed by atoms with E-state index in [9.17, 15) is 9.59 Å². The first kappa shape index (κ1) is 16.8. The molecule has 0 radical (unpaired) electrons. The predicted molar refractivity (Wildman–Crippen MR) is 80.1 cm³/mol. The minimum Gasteiger partial charge on any atom is -0.464 e. The molecule has 1 atom stereocenters. The van der Waals surface area contributed by atoms with Gasteiger partial charge in [-0.2, -0.15) is 0 Å². The Balaban J connectivity index is 2.55. The number of carbonyl (C=O) groups is 2. The molecule has 114 valence electrons. The van der Waals surface area contributed by atoms with Crippen LogP contribution in [0.3, 0.4) is 0 Å². The molecule has 1 aromatic rings. The Morgan fingerprint density at radius 2 is 1.95 bits per heavy atom. The van der Waals surface area contributed by atoms with Gasteiger partial charge in [0, 0.05) is 0 Å². The number of benzene rings is 1. The van der Waals surface area contributed by atoms with Gasteiger partial charge in [-0.25, -0.2) is 9.59 Å². The van der Waals surface area contributed by atoms with Gasteiger partial charge in [0.2, 0.25) is 0 Å². The normalized spacial score (nSPS) is 11.3. The van der Waals surface area contributed by atoms with Crippen LogP contribution in [0.1, 0.15) is 26.7 Å². The van der Waals surface area contributed by atoms with Crippen LogP contribution in [0.4, 0.5) is 4.79 Å². The largest absolute Gasteiger partial charge is 0.464 e. The Kier molecular flexibility index (Phi) is 7.01. The van der Waals surface area contributed by atoms with Crippen molar-refractivity contribution in [3.8, 4) is 5.75 Å². The van der Waals surface area contributed by atoms with E-state index >= 15 is 0 Å². The first-order valence-corrected chi connectivity index (χ1v) is 6.90. The average molecular weight is 291 g/mol. The molecule has 0 fully saturated rings. The highest BCUT2D eigenvalue weighted by Gasteiger charge is 2.23. The fourth-order valence-corrected chi connectivity index (χ4v) is 1.53. The van der Waals surface area contributed by atoms with Crippen LogP contribution in [0.15, 0.2) is 42.5 Å². The molecule has 5 heteroatoms. The predicted octanol–water partition coefficient (Wildman–Crippen LogP) is 3.06. The van der Waals surface area contributed by atoms with E-state index in [1.807, 2.05) is 13.0 Å². The van der Waals surface area contributed by atoms with Crippen molar-refractivity contribution in [2.45, 2.75) is 32.7 Å². The first-order valence-electron chi connectivity index (χ1n) is 6.90. The van der Waals surface area contributed by atoms with Gasteiger partial charge >= 0.3 is 12.1 Å². The number of para-hydroxylation sites is 1. The number of amides is 1. The highest BCUT2D eigenvalue weighted by atomic mass is 16.6. The minimum atomic E-state index is -0.905. The van der Waals surface area contributed by atoms with Crippen molar-refractivity contribution in [2.75, 3.05) is 6.61 Å². The zero-order valence-electron chi connectivity index (χ0n) is 12.4. The van der Waals surface area contributed by atoms with E-state index in [0.29, 0.717) is 17.9 Å². The van der Waals surface area contributed by atoms with Gasteiger partial charge in [0.05, 0.1) is 6.61 Å². The summed E-state index contributed by atoms with van der Waals surface area (Å²) in [5.41, 5.74) is 0.488. The molecule has 0 aliphatic rings. The van der Waals surface area contributed by atoms with Gasteiger partial charge in [-0.05, 0) is 31.1 Å². The van der Waals surface area contributed by atoms with E-state index in [-0.39, 0.29) is 0 Å². The molecule has 0 aliphatic heterocycles. The summed E-state index contributed by atoms with van der Waals surface area (Å²) in [6.45, 7) is 7.67. The summed E-state index contributed by atoms with van der Waals surface area (Å²) in [6.07, 6.45) is 0.985. The summed E-state index contributed by atoms with van der Waals surface area (Å²) in [5, 5.41) is 2.46. The zero-order chi connectivity index (χ0) is 15.7. The van der Waals surface area contributed by atoms with Gasteiger partial charge in [-0.15, -0.1) is 0 Å². The van der Waals surface area contributed by atoms with Gasteiger partial charge in [0.15, 0.2) is 6.04 Å². The molecular formula is C16H21NO4. The summed E-state index contributed by atoms with van der Waals surface area (Å²) in [6, 6.07) is 7.70. The molecule has 0 spiro atoms. The van der Waals surface area contributed by atoms with Crippen LogP contribution in [0, 0.1) is 0 Å². The van der Waals surface area contributed by atoms with E-state index in [1.165, 1.54) is 0 Å². The van der Waals surface area contributed by atoms with Gasteiger partial charge < -0.3 is 14.8 Å². The molecular weight excluding hydrogens is 270 g/mol. The van der Waals surface area contributed by atoms with E-state index < -0.39 is 18.1 Å². The van der Waals surface area contributed by atoms with Crippen LogP contribution in [-0.2, 0) is 9.53 Å². The Bertz CT molecular complexity index is 484. The molecule has 0 saturated carbocycles. The Morgan fingerprint density at radius 1 is 1.29 bits per heavy atom. The molecule has 1 N–H and O–H groups in total. The number of unbranched alkanes of at least 4 members (excludes halogenated alkanes) is 1. The highest BCUT2D eigenvalue weighted by Crippen LogP contribution is 2.09. The number of rotatable bonds is 7. The molecule has 0 saturated heterocycles. The summed E-state index contributed by atoms with van der Waals surface area (Å²) >= 11 is 0. The second kappa shape index (κ2) is 8.79. The van der Waals surface area contributed by atoms with Gasteiger partial charge in [-0.3, -0.25) is 0 Å². The Hall–Kier alpha value is -2.30.